The van der Waals surface area contributed by atoms with Gasteiger partial charge in [0.15, 0.2) is 5.82 Å². The van der Waals surface area contributed by atoms with Crippen molar-refractivity contribution in [3.8, 4) is 0 Å². The predicted molar refractivity (Wildman–Crippen MR) is 146 cm³/mol. The minimum Gasteiger partial charge on any atom is -0.383 e. The first-order valence-electron chi connectivity index (χ1n) is 12.7. The maximum Gasteiger partial charge on any atom is 0.416 e. The molecule has 2 amide bonds. The van der Waals surface area contributed by atoms with Crippen LogP contribution >= 0.6 is 15.9 Å². The van der Waals surface area contributed by atoms with Gasteiger partial charge in [0.2, 0.25) is 11.8 Å². The number of benzene rings is 1. The fourth-order valence-electron chi connectivity index (χ4n) is 6.07. The van der Waals surface area contributed by atoms with Gasteiger partial charge >= 0.3 is 6.18 Å². The summed E-state index contributed by atoms with van der Waals surface area (Å²) in [5.41, 5.74) is 6.30. The average Bonchev–Trinajstić information content (AvgIpc) is 3.27. The number of halogens is 5. The second-order valence-corrected chi connectivity index (χ2v) is 11.8. The van der Waals surface area contributed by atoms with E-state index in [1.807, 2.05) is 6.92 Å². The molecule has 4 aromatic rings. The Bertz CT molecular complexity index is 1790. The van der Waals surface area contributed by atoms with E-state index in [-0.39, 0.29) is 56.2 Å². The van der Waals surface area contributed by atoms with Crippen molar-refractivity contribution in [2.75, 3.05) is 11.1 Å². The second kappa shape index (κ2) is 9.10. The summed E-state index contributed by atoms with van der Waals surface area (Å²) in [6, 6.07) is 2.26. The number of aryl methyl sites for hydroxylation is 2. The Kier molecular flexibility index (Phi) is 6.07. The van der Waals surface area contributed by atoms with Gasteiger partial charge in [0, 0.05) is 11.4 Å². The molecule has 2 fully saturated rings. The van der Waals surface area contributed by atoms with Crippen LogP contribution in [0.3, 0.4) is 0 Å². The molecule has 3 N–H and O–H groups in total. The highest BCUT2D eigenvalue weighted by Gasteiger charge is 2.64. The highest BCUT2D eigenvalue weighted by atomic mass is 79.9. The van der Waals surface area contributed by atoms with Gasteiger partial charge in [-0.25, -0.2) is 19.3 Å². The summed E-state index contributed by atoms with van der Waals surface area (Å²) in [7, 11) is 0. The van der Waals surface area contributed by atoms with E-state index in [2.05, 4.69) is 36.2 Å². The van der Waals surface area contributed by atoms with Crippen molar-refractivity contribution in [3.63, 3.8) is 0 Å². The minimum absolute atomic E-state index is 0.00792. The van der Waals surface area contributed by atoms with E-state index in [1.165, 1.54) is 23.9 Å². The summed E-state index contributed by atoms with van der Waals surface area (Å²) in [5, 5.41) is 3.14. The number of nitrogens with two attached hydrogens (primary N) is 1. The Labute approximate surface area is 239 Å². The molecule has 1 aromatic carbocycles. The Morgan fingerprint density at radius 1 is 1.17 bits per heavy atom. The fraction of sp³-hybridized carbons (Fsp3) is 0.370. The molecular weight excluding hydrogens is 610 g/mol. The van der Waals surface area contributed by atoms with Gasteiger partial charge in [0.05, 0.1) is 16.5 Å². The SMILES string of the molecule is Cc1cc(F)c(Br)nc1NC(=O)[C@@H]1C[C@@]2(C)C[C@H]2N1C(=O)Cn1c2ncnc(N)c2c2cc(C(F)(F)F)cc(C)c21. The number of hydrogen-bond acceptors (Lipinski definition) is 6. The molecule has 0 radical (unpaired) electrons. The van der Waals surface area contributed by atoms with Crippen LogP contribution in [0.2, 0.25) is 0 Å². The van der Waals surface area contributed by atoms with Crippen LogP contribution in [0.25, 0.3) is 21.9 Å². The third-order valence-corrected chi connectivity index (χ3v) is 8.72. The number of anilines is 2. The highest BCUT2D eigenvalue weighted by Crippen LogP contribution is 2.59. The number of nitrogens with zero attached hydrogens (tertiary/aromatic N) is 5. The molecule has 9 nitrogen and oxygen atoms in total. The van der Waals surface area contributed by atoms with Crippen molar-refractivity contribution in [1.82, 2.24) is 24.4 Å². The van der Waals surface area contributed by atoms with Gasteiger partial charge in [-0.15, -0.1) is 0 Å². The zero-order valence-corrected chi connectivity index (χ0v) is 23.7. The highest BCUT2D eigenvalue weighted by molar-refractivity contribution is 9.10. The molecule has 41 heavy (non-hydrogen) atoms. The molecule has 0 spiro atoms. The standard InChI is InChI=1S/C27H24BrF4N7O2/c1-11-4-13(27(30,31)32)6-14-19-22(33)34-10-35-24(19)38(20(11)14)9-18(40)39-16(7-26(3)8-17(26)39)25(41)37-23-12(2)5-15(29)21(28)36-23/h4-6,10,16-17H,7-9H2,1-3H3,(H2,33,34,35)(H,36,37,41)/t16-,17+,26-/m0/s1. The summed E-state index contributed by atoms with van der Waals surface area (Å²) in [6.45, 7) is 4.86. The zero-order chi connectivity index (χ0) is 29.6. The molecule has 3 aromatic heterocycles. The van der Waals surface area contributed by atoms with Crippen LogP contribution in [0.5, 0.6) is 0 Å². The first kappa shape index (κ1) is 27.4. The fourth-order valence-corrected chi connectivity index (χ4v) is 6.36. The number of nitrogen functional groups attached to an aromatic ring is 1. The second-order valence-electron chi connectivity index (χ2n) is 11.0. The number of carbonyl (C=O) groups is 2. The molecule has 1 aliphatic carbocycles. The quantitative estimate of drug-likeness (QED) is 0.238. The lowest BCUT2D eigenvalue weighted by molar-refractivity contribution is -0.138. The predicted octanol–water partition coefficient (Wildman–Crippen LogP) is 5.12. The molecule has 214 valence electrons. The zero-order valence-electron chi connectivity index (χ0n) is 22.1. The van der Waals surface area contributed by atoms with Crippen molar-refractivity contribution in [1.29, 1.82) is 0 Å². The summed E-state index contributed by atoms with van der Waals surface area (Å²) >= 11 is 3.03. The van der Waals surface area contributed by atoms with Crippen LogP contribution in [0.1, 0.15) is 36.5 Å². The topological polar surface area (TPSA) is 119 Å². The third kappa shape index (κ3) is 4.39. The Balaban J connectivity index is 1.38. The van der Waals surface area contributed by atoms with E-state index in [1.54, 1.807) is 11.8 Å². The van der Waals surface area contributed by atoms with Crippen molar-refractivity contribution in [2.45, 2.75) is 58.4 Å². The van der Waals surface area contributed by atoms with Crippen molar-refractivity contribution < 1.29 is 27.2 Å². The number of aromatic nitrogens is 4. The lowest BCUT2D eigenvalue weighted by Crippen LogP contribution is -2.46. The van der Waals surface area contributed by atoms with Crippen LogP contribution in [-0.2, 0) is 22.3 Å². The number of hydrogen-bond donors (Lipinski definition) is 2. The molecule has 6 rings (SSSR count). The monoisotopic (exact) mass is 633 g/mol. The Hall–Kier alpha value is -3.81. The van der Waals surface area contributed by atoms with Gasteiger partial charge in [0.1, 0.15) is 40.8 Å². The largest absolute Gasteiger partial charge is 0.416 e. The lowest BCUT2D eigenvalue weighted by atomic mass is 10.0. The Morgan fingerprint density at radius 2 is 1.90 bits per heavy atom. The number of likely N-dealkylation sites (tertiary alicyclic amines) is 1. The van der Waals surface area contributed by atoms with Crippen LogP contribution in [0.15, 0.2) is 29.1 Å². The van der Waals surface area contributed by atoms with Crippen LogP contribution in [0, 0.1) is 25.1 Å². The van der Waals surface area contributed by atoms with Gasteiger partial charge in [0.25, 0.3) is 0 Å². The average molecular weight is 634 g/mol. The van der Waals surface area contributed by atoms with E-state index in [4.69, 9.17) is 5.73 Å². The van der Waals surface area contributed by atoms with E-state index < -0.39 is 35.4 Å². The van der Waals surface area contributed by atoms with Crippen LogP contribution < -0.4 is 11.1 Å². The van der Waals surface area contributed by atoms with E-state index in [9.17, 15) is 27.2 Å². The van der Waals surface area contributed by atoms with Crippen molar-refractivity contribution >= 4 is 61.3 Å². The van der Waals surface area contributed by atoms with Crippen molar-refractivity contribution in [2.24, 2.45) is 5.41 Å². The molecular formula is C27H24BrF4N7O2. The molecule has 0 unspecified atom stereocenters. The summed E-state index contributed by atoms with van der Waals surface area (Å²) in [6.07, 6.45) is -2.25. The number of piperidine rings is 1. The van der Waals surface area contributed by atoms with Crippen LogP contribution in [0.4, 0.5) is 29.2 Å². The summed E-state index contributed by atoms with van der Waals surface area (Å²) < 4.78 is 56.3. The van der Waals surface area contributed by atoms with Gasteiger partial charge in [-0.1, -0.05) is 6.92 Å². The normalized spacial score (nSPS) is 21.9. The molecule has 0 bridgehead atoms. The van der Waals surface area contributed by atoms with Gasteiger partial charge in [-0.3, -0.25) is 9.59 Å². The molecule has 1 saturated carbocycles. The number of fused-ring (bicyclic) bond motifs is 4. The molecule has 2 aliphatic rings. The number of amides is 2. The number of carbonyl (C=O) groups excluding carboxylic acids is 2. The van der Waals surface area contributed by atoms with Gasteiger partial charge in [-0.05, 0) is 77.4 Å². The lowest BCUT2D eigenvalue weighted by Gasteiger charge is -2.27. The molecule has 14 heteroatoms. The first-order chi connectivity index (χ1) is 19.2. The third-order valence-electron chi connectivity index (χ3n) is 8.16. The molecule has 1 saturated heterocycles. The number of nitrogens with one attached hydrogen (secondary N) is 1. The molecule has 3 atom stereocenters. The van der Waals surface area contributed by atoms with Crippen LogP contribution in [-0.4, -0.2) is 48.3 Å². The number of alkyl halides is 3. The maximum atomic E-state index is 13.9. The smallest absolute Gasteiger partial charge is 0.383 e. The minimum atomic E-state index is -4.59. The van der Waals surface area contributed by atoms with Gasteiger partial charge < -0.3 is 20.5 Å². The molecule has 1 aliphatic heterocycles. The van der Waals surface area contributed by atoms with E-state index >= 15 is 0 Å². The van der Waals surface area contributed by atoms with Gasteiger partial charge in [-0.2, -0.15) is 13.2 Å². The Morgan fingerprint density at radius 3 is 2.61 bits per heavy atom. The number of rotatable bonds is 4. The molecule has 4 heterocycles. The van der Waals surface area contributed by atoms with Crippen molar-refractivity contribution in [3.05, 3.63) is 51.6 Å². The summed E-state index contributed by atoms with van der Waals surface area (Å²) in [4.78, 5) is 41.2. The maximum absolute atomic E-state index is 13.9. The first-order valence-corrected chi connectivity index (χ1v) is 13.5. The number of pyridine rings is 1. The van der Waals surface area contributed by atoms with E-state index in [0.29, 0.717) is 17.5 Å². The van der Waals surface area contributed by atoms with E-state index in [0.717, 1.165) is 18.6 Å². The summed E-state index contributed by atoms with van der Waals surface area (Å²) in [5.74, 6) is -1.25.